The fourth-order valence-electron chi connectivity index (χ4n) is 3.59. The number of hydrogen-bond donors (Lipinski definition) is 1. The first-order valence-electron chi connectivity index (χ1n) is 10.6. The Morgan fingerprint density at radius 1 is 1.13 bits per heavy atom. The second kappa shape index (κ2) is 10.9. The molecular weight excluding hydrogens is 383 g/mol. The van der Waals surface area contributed by atoms with Gasteiger partial charge in [0.15, 0.2) is 0 Å². The smallest absolute Gasteiger partial charge is 0.338 e. The highest BCUT2D eigenvalue weighted by molar-refractivity contribution is 5.94. The van der Waals surface area contributed by atoms with Crippen molar-refractivity contribution >= 4 is 17.6 Å². The van der Waals surface area contributed by atoms with Gasteiger partial charge in [-0.1, -0.05) is 25.5 Å². The van der Waals surface area contributed by atoms with E-state index >= 15 is 0 Å². The molecule has 1 atom stereocenters. The van der Waals surface area contributed by atoms with Crippen molar-refractivity contribution in [1.82, 2.24) is 4.90 Å². The van der Waals surface area contributed by atoms with Gasteiger partial charge >= 0.3 is 5.97 Å². The van der Waals surface area contributed by atoms with E-state index in [1.165, 1.54) is 12.1 Å². The average molecular weight is 413 g/mol. The highest BCUT2D eigenvalue weighted by Gasteiger charge is 2.26. The number of amides is 1. The van der Waals surface area contributed by atoms with Gasteiger partial charge < -0.3 is 10.1 Å². The van der Waals surface area contributed by atoms with Crippen LogP contribution in [-0.2, 0) is 16.1 Å². The van der Waals surface area contributed by atoms with E-state index in [0.717, 1.165) is 37.8 Å². The summed E-state index contributed by atoms with van der Waals surface area (Å²) in [4.78, 5) is 26.9. The minimum absolute atomic E-state index is 0.0166. The van der Waals surface area contributed by atoms with Crippen LogP contribution in [0.2, 0.25) is 0 Å². The Bertz CT molecular complexity index is 837. The van der Waals surface area contributed by atoms with Crippen molar-refractivity contribution < 1.29 is 18.7 Å². The fourth-order valence-corrected chi connectivity index (χ4v) is 3.59. The van der Waals surface area contributed by atoms with Crippen molar-refractivity contribution in [3.8, 4) is 0 Å². The topological polar surface area (TPSA) is 58.6 Å². The highest BCUT2D eigenvalue weighted by atomic mass is 19.1. The number of unbranched alkanes of at least 4 members (excludes halogenated alkanes) is 1. The molecule has 6 heteroatoms. The number of halogens is 1. The summed E-state index contributed by atoms with van der Waals surface area (Å²) < 4.78 is 18.3. The number of nitrogens with zero attached hydrogens (tertiary/aromatic N) is 1. The van der Waals surface area contributed by atoms with E-state index in [2.05, 4.69) is 10.2 Å². The van der Waals surface area contributed by atoms with Crippen LogP contribution in [0.4, 0.5) is 10.1 Å². The zero-order chi connectivity index (χ0) is 21.3. The van der Waals surface area contributed by atoms with Crippen LogP contribution in [0.5, 0.6) is 0 Å². The second-order valence-electron chi connectivity index (χ2n) is 7.76. The monoisotopic (exact) mass is 412 g/mol. The summed E-state index contributed by atoms with van der Waals surface area (Å²) in [7, 11) is 0. The number of nitrogens with one attached hydrogen (secondary N) is 1. The maximum absolute atomic E-state index is 13.1. The first kappa shape index (κ1) is 22.0. The number of piperidine rings is 1. The summed E-state index contributed by atoms with van der Waals surface area (Å²) in [6.45, 7) is 4.77. The van der Waals surface area contributed by atoms with Crippen LogP contribution < -0.4 is 5.32 Å². The molecule has 1 amide bonds. The normalized spacial score (nSPS) is 16.8. The summed E-state index contributed by atoms with van der Waals surface area (Å²) in [6, 6.07) is 13.3. The molecule has 5 nitrogen and oxygen atoms in total. The summed E-state index contributed by atoms with van der Waals surface area (Å²) in [5.41, 5.74) is 2.19. The van der Waals surface area contributed by atoms with Crippen molar-refractivity contribution in [2.45, 2.75) is 39.2 Å². The highest BCUT2D eigenvalue weighted by Crippen LogP contribution is 2.21. The number of ether oxygens (including phenoxy) is 1. The van der Waals surface area contributed by atoms with Gasteiger partial charge in [0.25, 0.3) is 0 Å². The molecule has 0 aromatic heterocycles. The van der Waals surface area contributed by atoms with Crippen LogP contribution in [0.3, 0.4) is 0 Å². The predicted octanol–water partition coefficient (Wildman–Crippen LogP) is 4.63. The number of carbonyl (C=O) groups is 2. The van der Waals surface area contributed by atoms with Gasteiger partial charge in [0.1, 0.15) is 5.82 Å². The molecule has 1 N–H and O–H groups in total. The summed E-state index contributed by atoms with van der Waals surface area (Å²) >= 11 is 0. The second-order valence-corrected chi connectivity index (χ2v) is 7.76. The van der Waals surface area contributed by atoms with Gasteiger partial charge in [-0.3, -0.25) is 9.69 Å². The Morgan fingerprint density at radius 2 is 1.87 bits per heavy atom. The molecule has 1 aliphatic heterocycles. The van der Waals surface area contributed by atoms with E-state index in [1.807, 2.05) is 6.92 Å². The molecule has 2 aromatic carbocycles. The molecule has 1 aliphatic rings. The Morgan fingerprint density at radius 3 is 2.57 bits per heavy atom. The molecule has 1 saturated heterocycles. The molecule has 0 aliphatic carbocycles. The van der Waals surface area contributed by atoms with Gasteiger partial charge in [0.05, 0.1) is 18.1 Å². The van der Waals surface area contributed by atoms with Crippen molar-refractivity contribution in [3.63, 3.8) is 0 Å². The maximum Gasteiger partial charge on any atom is 0.338 e. The van der Waals surface area contributed by atoms with E-state index in [-0.39, 0.29) is 23.6 Å². The number of anilines is 1. The van der Waals surface area contributed by atoms with Gasteiger partial charge in [-0.05, 0) is 67.8 Å². The molecule has 0 unspecified atom stereocenters. The number of hydrogen-bond acceptors (Lipinski definition) is 4. The lowest BCUT2D eigenvalue weighted by Gasteiger charge is -2.32. The average Bonchev–Trinajstić information content (AvgIpc) is 2.76. The predicted molar refractivity (Wildman–Crippen MR) is 115 cm³/mol. The van der Waals surface area contributed by atoms with Gasteiger partial charge in [0.2, 0.25) is 5.91 Å². The van der Waals surface area contributed by atoms with Gasteiger partial charge in [0, 0.05) is 18.8 Å². The third-order valence-corrected chi connectivity index (χ3v) is 5.31. The number of carbonyl (C=O) groups excluding carboxylic acids is 2. The Labute approximate surface area is 177 Å². The SMILES string of the molecule is CCCCOC(=O)c1ccc(NC(=O)[C@H]2CCCN(Cc3ccc(F)cc3)C2)cc1. The first-order chi connectivity index (χ1) is 14.5. The maximum atomic E-state index is 13.1. The largest absolute Gasteiger partial charge is 0.462 e. The van der Waals surface area contributed by atoms with Crippen LogP contribution in [0, 0.1) is 11.7 Å². The molecular formula is C24H29FN2O3. The third kappa shape index (κ3) is 6.39. The Hall–Kier alpha value is -2.73. The van der Waals surface area contributed by atoms with Crippen LogP contribution in [-0.4, -0.2) is 36.5 Å². The molecule has 0 radical (unpaired) electrons. The molecule has 0 bridgehead atoms. The molecule has 3 rings (SSSR count). The number of rotatable bonds is 8. The molecule has 160 valence electrons. The zero-order valence-electron chi connectivity index (χ0n) is 17.4. The van der Waals surface area contributed by atoms with Crippen LogP contribution >= 0.6 is 0 Å². The first-order valence-corrected chi connectivity index (χ1v) is 10.6. The van der Waals surface area contributed by atoms with E-state index in [9.17, 15) is 14.0 Å². The van der Waals surface area contributed by atoms with Crippen molar-refractivity contribution in [1.29, 1.82) is 0 Å². The third-order valence-electron chi connectivity index (χ3n) is 5.31. The van der Waals surface area contributed by atoms with Crippen molar-refractivity contribution in [3.05, 3.63) is 65.5 Å². The van der Waals surface area contributed by atoms with Gasteiger partial charge in [-0.25, -0.2) is 9.18 Å². The van der Waals surface area contributed by atoms with E-state index in [1.54, 1.807) is 36.4 Å². The minimum Gasteiger partial charge on any atom is -0.462 e. The zero-order valence-corrected chi connectivity index (χ0v) is 17.4. The van der Waals surface area contributed by atoms with Gasteiger partial charge in [-0.2, -0.15) is 0 Å². The van der Waals surface area contributed by atoms with E-state index in [4.69, 9.17) is 4.74 Å². The number of benzene rings is 2. The summed E-state index contributed by atoms with van der Waals surface area (Å²) in [6.07, 6.45) is 3.61. The number of likely N-dealkylation sites (tertiary alicyclic amines) is 1. The molecule has 2 aromatic rings. The number of esters is 1. The standard InChI is InChI=1S/C24H29FN2O3/c1-2-3-15-30-24(29)19-8-12-22(13-9-19)26-23(28)20-5-4-14-27(17-20)16-18-6-10-21(25)11-7-18/h6-13,20H,2-5,14-17H2,1H3,(H,26,28)/t20-/m0/s1. The van der Waals surface area contributed by atoms with Gasteiger partial charge in [-0.15, -0.1) is 0 Å². The Balaban J connectivity index is 1.51. The van der Waals surface area contributed by atoms with E-state index in [0.29, 0.717) is 30.9 Å². The Kier molecular flexibility index (Phi) is 7.97. The van der Waals surface area contributed by atoms with Crippen LogP contribution in [0.25, 0.3) is 0 Å². The lowest BCUT2D eigenvalue weighted by Crippen LogP contribution is -2.40. The molecule has 30 heavy (non-hydrogen) atoms. The van der Waals surface area contributed by atoms with Crippen LogP contribution in [0.1, 0.15) is 48.5 Å². The quantitative estimate of drug-likeness (QED) is 0.507. The molecule has 0 saturated carbocycles. The minimum atomic E-state index is -0.343. The molecule has 1 fully saturated rings. The van der Waals surface area contributed by atoms with Crippen molar-refractivity contribution in [2.24, 2.45) is 5.92 Å². The lowest BCUT2D eigenvalue weighted by atomic mass is 9.96. The summed E-state index contributed by atoms with van der Waals surface area (Å²) in [5.74, 6) is -0.699. The van der Waals surface area contributed by atoms with E-state index < -0.39 is 0 Å². The summed E-state index contributed by atoms with van der Waals surface area (Å²) in [5, 5.41) is 2.95. The van der Waals surface area contributed by atoms with Crippen LogP contribution in [0.15, 0.2) is 48.5 Å². The lowest BCUT2D eigenvalue weighted by molar-refractivity contribution is -0.121. The molecule has 0 spiro atoms. The molecule has 1 heterocycles. The fraction of sp³-hybridized carbons (Fsp3) is 0.417. The van der Waals surface area contributed by atoms with Crippen molar-refractivity contribution in [2.75, 3.05) is 25.0 Å².